The Morgan fingerprint density at radius 2 is 2.24 bits per heavy atom. The third-order valence-electron chi connectivity index (χ3n) is 2.71. The number of nitrogens with two attached hydrogens (primary N) is 1. The zero-order valence-electron chi connectivity index (χ0n) is 11.2. The molecule has 21 heavy (non-hydrogen) atoms. The van der Waals surface area contributed by atoms with Crippen LogP contribution in [-0.2, 0) is 17.1 Å². The standard InChI is InChI=1S/C12H13N5O3S/c1-8-14-15-12(16(8)6-11(13)18)21-7-9-3-2-4-10(5-9)17(19)20/h2-5H,6-7H2,1H3,(H2,13,18). The number of carbonyl (C=O) groups is 1. The van der Waals surface area contributed by atoms with Gasteiger partial charge in [-0.3, -0.25) is 19.5 Å². The van der Waals surface area contributed by atoms with E-state index in [2.05, 4.69) is 10.2 Å². The van der Waals surface area contributed by atoms with Crippen molar-refractivity contribution in [2.75, 3.05) is 0 Å². The van der Waals surface area contributed by atoms with Crippen LogP contribution in [0.2, 0.25) is 0 Å². The largest absolute Gasteiger partial charge is 0.368 e. The fourth-order valence-corrected chi connectivity index (χ4v) is 2.64. The van der Waals surface area contributed by atoms with Crippen molar-refractivity contribution >= 4 is 23.4 Å². The van der Waals surface area contributed by atoms with E-state index in [0.29, 0.717) is 16.7 Å². The lowest BCUT2D eigenvalue weighted by Crippen LogP contribution is -2.20. The van der Waals surface area contributed by atoms with Crippen LogP contribution in [-0.4, -0.2) is 25.6 Å². The number of nitrogens with zero attached hydrogens (tertiary/aromatic N) is 4. The van der Waals surface area contributed by atoms with Crippen LogP contribution >= 0.6 is 11.8 Å². The van der Waals surface area contributed by atoms with Gasteiger partial charge in [-0.15, -0.1) is 10.2 Å². The molecule has 0 aliphatic carbocycles. The Morgan fingerprint density at radius 3 is 2.90 bits per heavy atom. The number of aromatic nitrogens is 3. The molecule has 1 aromatic heterocycles. The average Bonchev–Trinajstić information content (AvgIpc) is 2.77. The monoisotopic (exact) mass is 307 g/mol. The molecule has 1 aromatic carbocycles. The number of thioether (sulfide) groups is 1. The molecule has 0 saturated heterocycles. The summed E-state index contributed by atoms with van der Waals surface area (Å²) in [5.41, 5.74) is 6.02. The molecule has 0 unspecified atom stereocenters. The maximum absolute atomic E-state index is 11.0. The van der Waals surface area contributed by atoms with Gasteiger partial charge in [0.15, 0.2) is 5.16 Å². The molecule has 0 saturated carbocycles. The maximum Gasteiger partial charge on any atom is 0.269 e. The van der Waals surface area contributed by atoms with Crippen molar-refractivity contribution in [3.05, 3.63) is 45.8 Å². The molecular formula is C12H13N5O3S. The van der Waals surface area contributed by atoms with Crippen LogP contribution in [0.15, 0.2) is 29.4 Å². The van der Waals surface area contributed by atoms with Gasteiger partial charge in [-0.05, 0) is 12.5 Å². The van der Waals surface area contributed by atoms with E-state index in [1.54, 1.807) is 23.6 Å². The van der Waals surface area contributed by atoms with Crippen LogP contribution in [0.3, 0.4) is 0 Å². The van der Waals surface area contributed by atoms with Crippen molar-refractivity contribution in [2.24, 2.45) is 5.73 Å². The van der Waals surface area contributed by atoms with E-state index >= 15 is 0 Å². The summed E-state index contributed by atoms with van der Waals surface area (Å²) in [6, 6.07) is 6.37. The SMILES string of the molecule is Cc1nnc(SCc2cccc([N+](=O)[O-])c2)n1CC(N)=O. The molecule has 0 spiro atoms. The first-order valence-corrected chi connectivity index (χ1v) is 7.00. The molecule has 9 heteroatoms. The van der Waals surface area contributed by atoms with Crippen LogP contribution in [0.4, 0.5) is 5.69 Å². The number of benzene rings is 1. The highest BCUT2D eigenvalue weighted by molar-refractivity contribution is 7.98. The molecule has 110 valence electrons. The van der Waals surface area contributed by atoms with Crippen LogP contribution in [0.1, 0.15) is 11.4 Å². The molecule has 2 rings (SSSR count). The first-order chi connectivity index (χ1) is 9.97. The second-order valence-corrected chi connectivity index (χ2v) is 5.24. The maximum atomic E-state index is 11.0. The van der Waals surface area contributed by atoms with Gasteiger partial charge >= 0.3 is 0 Å². The Morgan fingerprint density at radius 1 is 1.48 bits per heavy atom. The predicted octanol–water partition coefficient (Wildman–Crippen LogP) is 1.27. The highest BCUT2D eigenvalue weighted by Crippen LogP contribution is 2.23. The van der Waals surface area contributed by atoms with E-state index in [-0.39, 0.29) is 12.2 Å². The molecule has 2 aromatic rings. The van der Waals surface area contributed by atoms with Gasteiger partial charge in [-0.2, -0.15) is 0 Å². The van der Waals surface area contributed by atoms with Crippen molar-refractivity contribution in [3.63, 3.8) is 0 Å². The van der Waals surface area contributed by atoms with Gasteiger partial charge in [-0.1, -0.05) is 23.9 Å². The van der Waals surface area contributed by atoms with Crippen LogP contribution in [0.25, 0.3) is 0 Å². The molecule has 1 amide bonds. The van der Waals surface area contributed by atoms with Crippen molar-refractivity contribution in [1.29, 1.82) is 0 Å². The predicted molar refractivity (Wildman–Crippen MR) is 76.6 cm³/mol. The minimum absolute atomic E-state index is 0.0100. The van der Waals surface area contributed by atoms with Crippen molar-refractivity contribution < 1.29 is 9.72 Å². The van der Waals surface area contributed by atoms with Gasteiger partial charge in [0.25, 0.3) is 5.69 Å². The number of amides is 1. The molecule has 0 radical (unpaired) electrons. The van der Waals surface area contributed by atoms with Gasteiger partial charge in [0.05, 0.1) is 4.92 Å². The van der Waals surface area contributed by atoms with E-state index in [9.17, 15) is 14.9 Å². The molecule has 0 aliphatic heterocycles. The quantitative estimate of drug-likeness (QED) is 0.488. The Hall–Kier alpha value is -2.42. The van der Waals surface area contributed by atoms with Gasteiger partial charge in [0.1, 0.15) is 12.4 Å². The van der Waals surface area contributed by atoms with E-state index in [0.717, 1.165) is 5.56 Å². The summed E-state index contributed by atoms with van der Waals surface area (Å²) in [7, 11) is 0. The normalized spacial score (nSPS) is 10.5. The number of nitro benzene ring substituents is 1. The molecule has 0 bridgehead atoms. The summed E-state index contributed by atoms with van der Waals surface area (Å²) in [6.07, 6.45) is 0. The van der Waals surface area contributed by atoms with Gasteiger partial charge < -0.3 is 5.73 Å². The second kappa shape index (κ2) is 6.35. The number of hydrogen-bond donors (Lipinski definition) is 1. The molecule has 0 fully saturated rings. The number of hydrogen-bond acceptors (Lipinski definition) is 6. The third kappa shape index (κ3) is 3.78. The van der Waals surface area contributed by atoms with Crippen molar-refractivity contribution in [3.8, 4) is 0 Å². The number of aryl methyl sites for hydroxylation is 1. The summed E-state index contributed by atoms with van der Waals surface area (Å²) in [6.45, 7) is 1.74. The van der Waals surface area contributed by atoms with E-state index in [1.807, 2.05) is 0 Å². The van der Waals surface area contributed by atoms with Crippen LogP contribution < -0.4 is 5.73 Å². The summed E-state index contributed by atoms with van der Waals surface area (Å²) in [5, 5.41) is 19.2. The summed E-state index contributed by atoms with van der Waals surface area (Å²) >= 11 is 1.34. The zero-order valence-corrected chi connectivity index (χ0v) is 12.0. The fraction of sp³-hybridized carbons (Fsp3) is 0.250. The minimum atomic E-state index is -0.477. The molecule has 0 atom stereocenters. The zero-order chi connectivity index (χ0) is 15.4. The number of carbonyl (C=O) groups excluding carboxylic acids is 1. The van der Waals surface area contributed by atoms with Gasteiger partial charge in [0, 0.05) is 17.9 Å². The smallest absolute Gasteiger partial charge is 0.269 e. The molecular weight excluding hydrogens is 294 g/mol. The number of non-ortho nitro benzene ring substituents is 1. The lowest BCUT2D eigenvalue weighted by atomic mass is 10.2. The number of nitro groups is 1. The highest BCUT2D eigenvalue weighted by Gasteiger charge is 2.12. The highest BCUT2D eigenvalue weighted by atomic mass is 32.2. The second-order valence-electron chi connectivity index (χ2n) is 4.30. The average molecular weight is 307 g/mol. The Bertz CT molecular complexity index is 685. The first kappa shape index (κ1) is 15.0. The van der Waals surface area contributed by atoms with Crippen molar-refractivity contribution in [2.45, 2.75) is 24.4 Å². The first-order valence-electron chi connectivity index (χ1n) is 6.01. The molecule has 2 N–H and O–H groups in total. The molecule has 8 nitrogen and oxygen atoms in total. The van der Waals surface area contributed by atoms with E-state index in [1.165, 1.54) is 23.9 Å². The molecule has 0 aliphatic rings. The van der Waals surface area contributed by atoms with E-state index < -0.39 is 10.8 Å². The van der Waals surface area contributed by atoms with Gasteiger partial charge in [0.2, 0.25) is 5.91 Å². The summed E-state index contributed by atoms with van der Waals surface area (Å²) < 4.78 is 1.62. The fourth-order valence-electron chi connectivity index (χ4n) is 1.71. The lowest BCUT2D eigenvalue weighted by Gasteiger charge is -2.05. The number of primary amides is 1. The minimum Gasteiger partial charge on any atom is -0.368 e. The van der Waals surface area contributed by atoms with Crippen molar-refractivity contribution in [1.82, 2.24) is 14.8 Å². The Kier molecular flexibility index (Phi) is 4.53. The van der Waals surface area contributed by atoms with Crippen LogP contribution in [0, 0.1) is 17.0 Å². The summed E-state index contributed by atoms with van der Waals surface area (Å²) in [4.78, 5) is 21.3. The van der Waals surface area contributed by atoms with E-state index in [4.69, 9.17) is 5.73 Å². The molecule has 1 heterocycles. The topological polar surface area (TPSA) is 117 Å². The van der Waals surface area contributed by atoms with Crippen LogP contribution in [0.5, 0.6) is 0 Å². The number of rotatable bonds is 6. The Balaban J connectivity index is 2.11. The summed E-state index contributed by atoms with van der Waals surface area (Å²) in [5.74, 6) is 0.601. The van der Waals surface area contributed by atoms with Gasteiger partial charge in [-0.25, -0.2) is 0 Å². The Labute approximate surface area is 124 Å². The third-order valence-corrected chi connectivity index (χ3v) is 3.74. The lowest BCUT2D eigenvalue weighted by molar-refractivity contribution is -0.384.